The molecule has 1 heterocycles. The van der Waals surface area contributed by atoms with E-state index in [1.165, 1.54) is 0 Å². The second-order valence-electron chi connectivity index (χ2n) is 5.50. The molecule has 2 N–H and O–H groups in total. The van der Waals surface area contributed by atoms with Gasteiger partial charge in [-0.15, -0.1) is 11.3 Å². The lowest BCUT2D eigenvalue weighted by atomic mass is 10.2. The zero-order chi connectivity index (χ0) is 17.8. The standard InChI is InChI=1S/C18H17N3O3S/c1-21(10-16-20-14-4-2-3-5-15(14)25-16)17(22)11-24-13-8-6-12(7-9-13)18(19)23/h2-9H,10-11H2,1H3,(H2,19,23). The number of likely N-dealkylation sites (N-methyl/N-ethyl adjacent to an activating group) is 1. The summed E-state index contributed by atoms with van der Waals surface area (Å²) in [7, 11) is 1.72. The molecule has 25 heavy (non-hydrogen) atoms. The summed E-state index contributed by atoms with van der Waals surface area (Å²) in [6.07, 6.45) is 0. The van der Waals surface area contributed by atoms with Crippen molar-refractivity contribution in [1.29, 1.82) is 0 Å². The maximum absolute atomic E-state index is 12.2. The zero-order valence-corrected chi connectivity index (χ0v) is 14.5. The molecule has 2 amide bonds. The monoisotopic (exact) mass is 355 g/mol. The van der Waals surface area contributed by atoms with Crippen LogP contribution in [0.2, 0.25) is 0 Å². The van der Waals surface area contributed by atoms with Gasteiger partial charge in [0.2, 0.25) is 5.91 Å². The molecule has 0 spiro atoms. The molecule has 0 saturated heterocycles. The van der Waals surface area contributed by atoms with Gasteiger partial charge in [-0.2, -0.15) is 0 Å². The van der Waals surface area contributed by atoms with Crippen molar-refractivity contribution in [2.75, 3.05) is 13.7 Å². The van der Waals surface area contributed by atoms with Gasteiger partial charge in [-0.05, 0) is 36.4 Å². The predicted molar refractivity (Wildman–Crippen MR) is 96.5 cm³/mol. The Bertz CT molecular complexity index is 872. The SMILES string of the molecule is CN(Cc1nc2ccccc2s1)C(=O)COc1ccc(C(N)=O)cc1. The average Bonchev–Trinajstić information content (AvgIpc) is 3.02. The van der Waals surface area contributed by atoms with Gasteiger partial charge >= 0.3 is 0 Å². The molecule has 0 unspecified atom stereocenters. The maximum Gasteiger partial charge on any atom is 0.260 e. The van der Waals surface area contributed by atoms with Crippen LogP contribution in [-0.2, 0) is 11.3 Å². The number of ether oxygens (including phenoxy) is 1. The smallest absolute Gasteiger partial charge is 0.260 e. The van der Waals surface area contributed by atoms with Gasteiger partial charge in [-0.25, -0.2) is 4.98 Å². The number of hydrogen-bond donors (Lipinski definition) is 1. The molecule has 6 nitrogen and oxygen atoms in total. The number of carbonyl (C=O) groups is 2. The lowest BCUT2D eigenvalue weighted by molar-refractivity contribution is -0.132. The second-order valence-corrected chi connectivity index (χ2v) is 6.62. The highest BCUT2D eigenvalue weighted by Crippen LogP contribution is 2.22. The minimum Gasteiger partial charge on any atom is -0.484 e. The van der Waals surface area contributed by atoms with Gasteiger partial charge in [0.25, 0.3) is 5.91 Å². The molecule has 3 rings (SSSR count). The van der Waals surface area contributed by atoms with Gasteiger partial charge < -0.3 is 15.4 Å². The van der Waals surface area contributed by atoms with Crippen LogP contribution in [0, 0.1) is 0 Å². The molecule has 3 aromatic rings. The number of fused-ring (bicyclic) bond motifs is 1. The summed E-state index contributed by atoms with van der Waals surface area (Å²) in [6, 6.07) is 14.2. The molecule has 7 heteroatoms. The Morgan fingerprint density at radius 2 is 1.88 bits per heavy atom. The molecule has 1 aromatic heterocycles. The van der Waals surface area contributed by atoms with E-state index in [1.54, 1.807) is 47.5 Å². The molecular weight excluding hydrogens is 338 g/mol. The third kappa shape index (κ3) is 4.13. The van der Waals surface area contributed by atoms with Crippen molar-refractivity contribution in [3.05, 3.63) is 59.1 Å². The van der Waals surface area contributed by atoms with Gasteiger partial charge in [0.1, 0.15) is 10.8 Å². The van der Waals surface area contributed by atoms with Gasteiger partial charge in [0, 0.05) is 12.6 Å². The molecule has 0 fully saturated rings. The number of thiazole rings is 1. The number of amides is 2. The van der Waals surface area contributed by atoms with Crippen molar-refractivity contribution in [2.45, 2.75) is 6.54 Å². The van der Waals surface area contributed by atoms with E-state index < -0.39 is 5.91 Å². The van der Waals surface area contributed by atoms with Crippen LogP contribution in [0.15, 0.2) is 48.5 Å². The van der Waals surface area contributed by atoms with Crippen LogP contribution in [0.5, 0.6) is 5.75 Å². The predicted octanol–water partition coefficient (Wildman–Crippen LogP) is 2.43. The number of rotatable bonds is 6. The van der Waals surface area contributed by atoms with Crippen LogP contribution >= 0.6 is 11.3 Å². The fraction of sp³-hybridized carbons (Fsp3) is 0.167. The van der Waals surface area contributed by atoms with E-state index in [1.807, 2.05) is 24.3 Å². The summed E-state index contributed by atoms with van der Waals surface area (Å²) >= 11 is 1.57. The fourth-order valence-electron chi connectivity index (χ4n) is 2.25. The van der Waals surface area contributed by atoms with E-state index in [0.717, 1.165) is 15.2 Å². The summed E-state index contributed by atoms with van der Waals surface area (Å²) in [5.41, 5.74) is 6.52. The normalized spacial score (nSPS) is 10.6. The maximum atomic E-state index is 12.2. The Morgan fingerprint density at radius 3 is 2.56 bits per heavy atom. The number of nitrogens with zero attached hydrogens (tertiary/aromatic N) is 2. The van der Waals surface area contributed by atoms with E-state index >= 15 is 0 Å². The minimum atomic E-state index is -0.502. The van der Waals surface area contributed by atoms with Crippen molar-refractivity contribution >= 4 is 33.4 Å². The minimum absolute atomic E-state index is 0.0860. The van der Waals surface area contributed by atoms with Crippen molar-refractivity contribution in [3.63, 3.8) is 0 Å². The van der Waals surface area contributed by atoms with E-state index in [0.29, 0.717) is 17.9 Å². The highest BCUT2D eigenvalue weighted by atomic mass is 32.1. The highest BCUT2D eigenvalue weighted by Gasteiger charge is 2.13. The highest BCUT2D eigenvalue weighted by molar-refractivity contribution is 7.18. The molecular formula is C18H17N3O3S. The third-order valence-corrected chi connectivity index (χ3v) is 4.66. The van der Waals surface area contributed by atoms with Crippen LogP contribution < -0.4 is 10.5 Å². The Labute approximate surface area is 148 Å². The summed E-state index contributed by atoms with van der Waals surface area (Å²) in [5.74, 6) is -0.150. The third-order valence-electron chi connectivity index (χ3n) is 3.64. The second kappa shape index (κ2) is 7.31. The molecule has 0 aliphatic rings. The molecule has 0 atom stereocenters. The summed E-state index contributed by atoms with van der Waals surface area (Å²) < 4.78 is 6.56. The quantitative estimate of drug-likeness (QED) is 0.736. The summed E-state index contributed by atoms with van der Waals surface area (Å²) in [5, 5.41) is 0.878. The van der Waals surface area contributed by atoms with E-state index in [9.17, 15) is 9.59 Å². The molecule has 0 bridgehead atoms. The molecule has 0 aliphatic heterocycles. The van der Waals surface area contributed by atoms with E-state index in [4.69, 9.17) is 10.5 Å². The Kier molecular flexibility index (Phi) is 4.95. The first-order valence-corrected chi connectivity index (χ1v) is 8.45. The van der Waals surface area contributed by atoms with Crippen LogP contribution in [-0.4, -0.2) is 35.4 Å². The topological polar surface area (TPSA) is 85.5 Å². The summed E-state index contributed by atoms with van der Waals surface area (Å²) in [4.78, 5) is 29.3. The van der Waals surface area contributed by atoms with Crippen LogP contribution in [0.3, 0.4) is 0 Å². The number of hydrogen-bond acceptors (Lipinski definition) is 5. The van der Waals surface area contributed by atoms with Gasteiger partial charge in [0.05, 0.1) is 16.8 Å². The van der Waals surface area contributed by atoms with Crippen molar-refractivity contribution in [2.24, 2.45) is 5.73 Å². The molecule has 2 aromatic carbocycles. The number of benzene rings is 2. The zero-order valence-electron chi connectivity index (χ0n) is 13.6. The van der Waals surface area contributed by atoms with Gasteiger partial charge in [0.15, 0.2) is 6.61 Å². The average molecular weight is 355 g/mol. The number of para-hydroxylation sites is 1. The van der Waals surface area contributed by atoms with Gasteiger partial charge in [-0.1, -0.05) is 12.1 Å². The lowest BCUT2D eigenvalue weighted by Crippen LogP contribution is -2.30. The fourth-order valence-corrected chi connectivity index (χ4v) is 3.27. The molecule has 128 valence electrons. The van der Waals surface area contributed by atoms with Gasteiger partial charge in [-0.3, -0.25) is 9.59 Å². The molecule has 0 saturated carbocycles. The Balaban J connectivity index is 1.56. The van der Waals surface area contributed by atoms with E-state index in [2.05, 4.69) is 4.98 Å². The first kappa shape index (κ1) is 16.9. The molecule has 0 radical (unpaired) electrons. The van der Waals surface area contributed by atoms with Crippen molar-refractivity contribution < 1.29 is 14.3 Å². The number of carbonyl (C=O) groups excluding carboxylic acids is 2. The molecule has 0 aliphatic carbocycles. The van der Waals surface area contributed by atoms with Crippen molar-refractivity contribution in [1.82, 2.24) is 9.88 Å². The van der Waals surface area contributed by atoms with Crippen LogP contribution in [0.1, 0.15) is 15.4 Å². The van der Waals surface area contributed by atoms with Crippen LogP contribution in [0.4, 0.5) is 0 Å². The largest absolute Gasteiger partial charge is 0.484 e. The number of primary amides is 1. The van der Waals surface area contributed by atoms with Crippen LogP contribution in [0.25, 0.3) is 10.2 Å². The van der Waals surface area contributed by atoms with Crippen molar-refractivity contribution in [3.8, 4) is 5.75 Å². The first-order chi connectivity index (χ1) is 12.0. The Morgan fingerprint density at radius 1 is 1.16 bits per heavy atom. The first-order valence-electron chi connectivity index (χ1n) is 7.64. The summed E-state index contributed by atoms with van der Waals surface area (Å²) in [6.45, 7) is 0.347. The van der Waals surface area contributed by atoms with E-state index in [-0.39, 0.29) is 12.5 Å². The number of aromatic nitrogens is 1. The number of nitrogens with two attached hydrogens (primary N) is 1. The lowest BCUT2D eigenvalue weighted by Gasteiger charge is -2.16. The Hall–Kier alpha value is -2.93.